The van der Waals surface area contributed by atoms with Gasteiger partial charge in [-0.15, -0.1) is 0 Å². The number of ether oxygens (including phenoxy) is 3. The largest absolute Gasteiger partial charge is 0.477 e. The fourth-order valence-electron chi connectivity index (χ4n) is 7.21. The van der Waals surface area contributed by atoms with Crippen molar-refractivity contribution in [1.82, 2.24) is 0 Å². The number of aliphatic carboxylic acids is 1. The second kappa shape index (κ2) is 39.9. The first-order chi connectivity index (χ1) is 27.1. The molecular weight excluding hydrogens is 703 g/mol. The summed E-state index contributed by atoms with van der Waals surface area (Å²) >= 11 is 0. The molecule has 0 fully saturated rings. The van der Waals surface area contributed by atoms with E-state index in [1.165, 1.54) is 154 Å². The Bertz CT molecular complexity index is 931. The Hall–Kier alpha value is -1.93. The predicted molar refractivity (Wildman–Crippen MR) is 234 cm³/mol. The van der Waals surface area contributed by atoms with Crippen molar-refractivity contribution in [2.24, 2.45) is 0 Å². The van der Waals surface area contributed by atoms with E-state index in [0.29, 0.717) is 19.3 Å². The number of esters is 2. The lowest BCUT2D eigenvalue weighted by atomic mass is 10.0. The minimum Gasteiger partial charge on any atom is -0.477 e. The average molecular weight is 795 g/mol. The van der Waals surface area contributed by atoms with Gasteiger partial charge in [-0.05, 0) is 38.5 Å². The van der Waals surface area contributed by atoms with Crippen LogP contribution in [0.15, 0.2) is 12.2 Å². The van der Waals surface area contributed by atoms with Gasteiger partial charge in [-0.2, -0.15) is 0 Å². The van der Waals surface area contributed by atoms with Gasteiger partial charge in [0.05, 0.1) is 34.4 Å². The van der Waals surface area contributed by atoms with Crippen molar-refractivity contribution in [1.29, 1.82) is 0 Å². The molecule has 0 aliphatic heterocycles. The zero-order valence-corrected chi connectivity index (χ0v) is 37.6. The summed E-state index contributed by atoms with van der Waals surface area (Å²) in [5.74, 6) is -1.46. The van der Waals surface area contributed by atoms with E-state index in [0.717, 1.165) is 38.5 Å². The molecule has 56 heavy (non-hydrogen) atoms. The van der Waals surface area contributed by atoms with Crippen molar-refractivity contribution in [2.45, 2.75) is 238 Å². The van der Waals surface area contributed by atoms with E-state index in [4.69, 9.17) is 14.2 Å². The smallest absolute Gasteiger partial charge is 0.362 e. The number of carboxylic acid groups (broad SMARTS) is 1. The predicted octanol–water partition coefficient (Wildman–Crippen LogP) is 13.1. The van der Waals surface area contributed by atoms with Crippen LogP contribution in [-0.4, -0.2) is 80.6 Å². The second-order valence-corrected chi connectivity index (χ2v) is 17.4. The van der Waals surface area contributed by atoms with Gasteiger partial charge in [-0.1, -0.05) is 180 Å². The minimum absolute atomic E-state index is 0.0476. The zero-order valence-electron chi connectivity index (χ0n) is 37.6. The van der Waals surface area contributed by atoms with Crippen LogP contribution in [0, 0.1) is 0 Å². The molecule has 0 aromatic rings. The molecule has 0 heterocycles. The highest BCUT2D eigenvalue weighted by Crippen LogP contribution is 2.15. The standard InChI is InChI=1S/C48H91NO7/c1-6-8-10-12-14-16-18-19-20-21-22-23-24-25-26-27-28-29-31-32-34-36-38-46(50)55-43-44(42-54-41-40-45(48(52)53)49(3,4)5)56-47(51)39-37-35-33-30-17-15-13-11-9-7-2/h24-25,44-45H,6-23,26-43H2,1-5H3/p+1/b25-24+. The number of hydrogen-bond donors (Lipinski definition) is 1. The maximum atomic E-state index is 12.7. The molecule has 0 spiro atoms. The van der Waals surface area contributed by atoms with E-state index in [2.05, 4.69) is 26.0 Å². The van der Waals surface area contributed by atoms with E-state index in [9.17, 15) is 19.5 Å². The van der Waals surface area contributed by atoms with Crippen molar-refractivity contribution in [3.05, 3.63) is 12.2 Å². The molecule has 2 atom stereocenters. The fraction of sp³-hybridized carbons (Fsp3) is 0.896. The SMILES string of the molecule is CCCCCCCCCCCCC/C=C/CCCCCCCCCC(=O)OCC(COCCC(C(=O)O)[N+](C)(C)C)OC(=O)CCCCCCCCCCCC. The number of carbonyl (C=O) groups excluding carboxylic acids is 2. The fourth-order valence-corrected chi connectivity index (χ4v) is 7.21. The number of nitrogens with zero attached hydrogens (tertiary/aromatic N) is 1. The zero-order chi connectivity index (χ0) is 41.4. The summed E-state index contributed by atoms with van der Waals surface area (Å²) in [6.07, 6.45) is 42.6. The van der Waals surface area contributed by atoms with E-state index in [1.807, 2.05) is 21.1 Å². The van der Waals surface area contributed by atoms with Crippen molar-refractivity contribution in [3.63, 3.8) is 0 Å². The molecule has 0 radical (unpaired) electrons. The number of carboxylic acids is 1. The molecule has 0 aliphatic rings. The quantitative estimate of drug-likeness (QED) is 0.0284. The summed E-state index contributed by atoms with van der Waals surface area (Å²) in [7, 11) is 5.53. The molecule has 0 saturated heterocycles. The van der Waals surface area contributed by atoms with E-state index in [1.54, 1.807) is 0 Å². The van der Waals surface area contributed by atoms with Crippen molar-refractivity contribution in [2.75, 3.05) is 41.0 Å². The van der Waals surface area contributed by atoms with Gasteiger partial charge >= 0.3 is 17.9 Å². The summed E-state index contributed by atoms with van der Waals surface area (Å²) in [5.41, 5.74) is 0. The van der Waals surface area contributed by atoms with Crippen molar-refractivity contribution in [3.8, 4) is 0 Å². The Kier molecular flexibility index (Phi) is 38.5. The minimum atomic E-state index is -0.873. The summed E-state index contributed by atoms with van der Waals surface area (Å²) in [6, 6.07) is -0.610. The number of carbonyl (C=O) groups is 3. The number of quaternary nitrogens is 1. The molecule has 1 N–H and O–H groups in total. The van der Waals surface area contributed by atoms with Gasteiger partial charge in [-0.25, -0.2) is 4.79 Å². The third kappa shape index (κ3) is 37.6. The number of likely N-dealkylation sites (N-methyl/N-ethyl adjacent to an activating group) is 1. The van der Waals surface area contributed by atoms with Gasteiger partial charge in [-0.3, -0.25) is 9.59 Å². The van der Waals surface area contributed by atoms with Crippen LogP contribution in [0.2, 0.25) is 0 Å². The van der Waals surface area contributed by atoms with Gasteiger partial charge in [0.2, 0.25) is 0 Å². The van der Waals surface area contributed by atoms with Crippen LogP contribution in [0.5, 0.6) is 0 Å². The lowest BCUT2D eigenvalue weighted by molar-refractivity contribution is -0.887. The molecular formula is C48H92NO7+. The molecule has 0 saturated carbocycles. The Balaban J connectivity index is 4.16. The third-order valence-corrected chi connectivity index (χ3v) is 10.9. The van der Waals surface area contributed by atoms with Gasteiger partial charge in [0.1, 0.15) is 6.61 Å². The average Bonchev–Trinajstić information content (AvgIpc) is 3.15. The first-order valence-corrected chi connectivity index (χ1v) is 23.7. The van der Waals surface area contributed by atoms with Crippen molar-refractivity contribution < 1.29 is 38.2 Å². The molecule has 0 rings (SSSR count). The maximum Gasteiger partial charge on any atom is 0.362 e. The van der Waals surface area contributed by atoms with Gasteiger partial charge in [0.25, 0.3) is 0 Å². The van der Waals surface area contributed by atoms with E-state index in [-0.39, 0.29) is 36.2 Å². The Labute approximate surface area is 346 Å². The van der Waals surface area contributed by atoms with Crippen LogP contribution in [-0.2, 0) is 28.6 Å². The number of unbranched alkanes of at least 4 members (excludes halogenated alkanes) is 27. The first kappa shape index (κ1) is 54.1. The molecule has 2 unspecified atom stereocenters. The number of rotatable bonds is 43. The molecule has 0 aliphatic carbocycles. The summed E-state index contributed by atoms with van der Waals surface area (Å²) in [5, 5.41) is 9.61. The van der Waals surface area contributed by atoms with Crippen LogP contribution >= 0.6 is 0 Å². The monoisotopic (exact) mass is 795 g/mol. The lowest BCUT2D eigenvalue weighted by Gasteiger charge is -2.31. The molecule has 0 aromatic carbocycles. The molecule has 0 aromatic heterocycles. The molecule has 8 nitrogen and oxygen atoms in total. The lowest BCUT2D eigenvalue weighted by Crippen LogP contribution is -2.50. The Morgan fingerprint density at radius 3 is 1.29 bits per heavy atom. The first-order valence-electron chi connectivity index (χ1n) is 23.7. The van der Waals surface area contributed by atoms with Gasteiger partial charge in [0.15, 0.2) is 12.1 Å². The van der Waals surface area contributed by atoms with Crippen LogP contribution in [0.25, 0.3) is 0 Å². The Morgan fingerprint density at radius 2 is 0.893 bits per heavy atom. The topological polar surface area (TPSA) is 99.1 Å². The molecule has 8 heteroatoms. The normalized spacial score (nSPS) is 12.9. The van der Waals surface area contributed by atoms with Crippen molar-refractivity contribution >= 4 is 17.9 Å². The number of hydrogen-bond acceptors (Lipinski definition) is 6. The molecule has 330 valence electrons. The highest BCUT2D eigenvalue weighted by molar-refractivity contribution is 5.72. The number of allylic oxidation sites excluding steroid dienone is 2. The molecule has 0 amide bonds. The maximum absolute atomic E-state index is 12.7. The highest BCUT2D eigenvalue weighted by atomic mass is 16.6. The third-order valence-electron chi connectivity index (χ3n) is 10.9. The van der Waals surface area contributed by atoms with Gasteiger partial charge < -0.3 is 23.8 Å². The summed E-state index contributed by atoms with van der Waals surface area (Å²) < 4.78 is 17.3. The van der Waals surface area contributed by atoms with E-state index < -0.39 is 18.1 Å². The summed E-state index contributed by atoms with van der Waals surface area (Å²) in [4.78, 5) is 36.9. The summed E-state index contributed by atoms with van der Waals surface area (Å²) in [6.45, 7) is 4.75. The van der Waals surface area contributed by atoms with Crippen LogP contribution < -0.4 is 0 Å². The van der Waals surface area contributed by atoms with Crippen LogP contribution in [0.4, 0.5) is 0 Å². The Morgan fingerprint density at radius 1 is 0.518 bits per heavy atom. The highest BCUT2D eigenvalue weighted by Gasteiger charge is 2.31. The van der Waals surface area contributed by atoms with Crippen LogP contribution in [0.3, 0.4) is 0 Å². The van der Waals surface area contributed by atoms with E-state index >= 15 is 0 Å². The molecule has 0 bridgehead atoms. The van der Waals surface area contributed by atoms with Gasteiger partial charge in [0, 0.05) is 19.3 Å². The van der Waals surface area contributed by atoms with Crippen LogP contribution in [0.1, 0.15) is 226 Å². The second-order valence-electron chi connectivity index (χ2n) is 17.4.